The third-order valence-corrected chi connectivity index (χ3v) is 7.03. The first kappa shape index (κ1) is 19.8. The molecule has 1 amide bonds. The number of aromatic nitrogens is 2. The fraction of sp³-hybridized carbons (Fsp3) is 0.118. The number of hydrogen-bond donors (Lipinski definition) is 1. The first-order valence-electron chi connectivity index (χ1n) is 7.63. The molecule has 0 saturated heterocycles. The number of rotatable bonds is 5. The third-order valence-electron chi connectivity index (χ3n) is 3.51. The van der Waals surface area contributed by atoms with Gasteiger partial charge in [-0.3, -0.25) is 10.1 Å². The van der Waals surface area contributed by atoms with Gasteiger partial charge in [-0.05, 0) is 30.7 Å². The first-order chi connectivity index (χ1) is 12.7. The highest BCUT2D eigenvalue weighted by molar-refractivity contribution is 7.92. The molecule has 0 fully saturated rings. The van der Waals surface area contributed by atoms with E-state index in [1.165, 1.54) is 18.2 Å². The van der Waals surface area contributed by atoms with Gasteiger partial charge in [-0.15, -0.1) is 10.2 Å². The molecule has 27 heavy (non-hydrogen) atoms. The Labute approximate surface area is 170 Å². The number of sulfone groups is 1. The zero-order valence-corrected chi connectivity index (χ0v) is 17.1. The zero-order valence-electron chi connectivity index (χ0n) is 13.9. The zero-order chi connectivity index (χ0) is 19.6. The van der Waals surface area contributed by atoms with Gasteiger partial charge in [-0.2, -0.15) is 0 Å². The van der Waals surface area contributed by atoms with Crippen LogP contribution in [0.2, 0.25) is 10.0 Å². The van der Waals surface area contributed by atoms with Gasteiger partial charge in [-0.1, -0.05) is 64.4 Å². The van der Waals surface area contributed by atoms with Gasteiger partial charge in [0.15, 0.2) is 0 Å². The summed E-state index contributed by atoms with van der Waals surface area (Å²) in [7, 11) is -3.67. The number of halogens is 2. The monoisotopic (exact) mass is 441 g/mol. The van der Waals surface area contributed by atoms with Gasteiger partial charge in [0.2, 0.25) is 19.3 Å². The van der Waals surface area contributed by atoms with Gasteiger partial charge in [0.05, 0.1) is 16.3 Å². The van der Waals surface area contributed by atoms with Crippen molar-refractivity contribution < 1.29 is 13.2 Å². The van der Waals surface area contributed by atoms with Gasteiger partial charge in [0.1, 0.15) is 0 Å². The van der Waals surface area contributed by atoms with Crippen LogP contribution in [0.15, 0.2) is 46.8 Å². The molecule has 0 aliphatic carbocycles. The lowest BCUT2D eigenvalue weighted by atomic mass is 10.2. The molecule has 1 N–H and O–H groups in total. The Kier molecular flexibility index (Phi) is 5.81. The Hall–Kier alpha value is -2.00. The minimum atomic E-state index is -3.67. The normalized spacial score (nSPS) is 11.4. The molecular weight excluding hydrogens is 429 g/mol. The van der Waals surface area contributed by atoms with E-state index in [-0.39, 0.29) is 25.8 Å². The lowest BCUT2D eigenvalue weighted by Gasteiger charge is -2.04. The van der Waals surface area contributed by atoms with Crippen LogP contribution in [0.3, 0.4) is 0 Å². The lowest BCUT2D eigenvalue weighted by Crippen LogP contribution is -2.12. The second-order valence-electron chi connectivity index (χ2n) is 5.70. The number of nitrogens with one attached hydrogen (secondary N) is 1. The second kappa shape index (κ2) is 7.93. The van der Waals surface area contributed by atoms with Gasteiger partial charge < -0.3 is 0 Å². The summed E-state index contributed by atoms with van der Waals surface area (Å²) in [4.78, 5) is 12.3. The van der Waals surface area contributed by atoms with E-state index in [0.717, 1.165) is 16.9 Å². The molecule has 10 heteroatoms. The molecule has 0 atom stereocenters. The molecule has 2 aromatic carbocycles. The molecule has 1 heterocycles. The highest BCUT2D eigenvalue weighted by Crippen LogP contribution is 2.26. The van der Waals surface area contributed by atoms with Crippen LogP contribution in [0.25, 0.3) is 0 Å². The van der Waals surface area contributed by atoms with E-state index in [2.05, 4.69) is 15.5 Å². The maximum atomic E-state index is 12.5. The predicted molar refractivity (Wildman–Crippen MR) is 106 cm³/mol. The summed E-state index contributed by atoms with van der Waals surface area (Å²) in [6.07, 6.45) is 0. The van der Waals surface area contributed by atoms with Gasteiger partial charge in [-0.25, -0.2) is 8.42 Å². The molecule has 0 saturated carbocycles. The smallest absolute Gasteiger partial charge is 0.259 e. The summed E-state index contributed by atoms with van der Waals surface area (Å²) in [5, 5.41) is 10.6. The third kappa shape index (κ3) is 4.84. The number of amides is 1. The molecule has 0 bridgehead atoms. The van der Waals surface area contributed by atoms with Gasteiger partial charge >= 0.3 is 0 Å². The first-order valence-corrected chi connectivity index (χ1v) is 10.9. The summed E-state index contributed by atoms with van der Waals surface area (Å²) < 4.78 is 24.9. The van der Waals surface area contributed by atoms with Crippen LogP contribution in [0, 0.1) is 6.92 Å². The van der Waals surface area contributed by atoms with Crippen LogP contribution in [-0.4, -0.2) is 24.5 Å². The van der Waals surface area contributed by atoms with Crippen LogP contribution in [0.1, 0.15) is 21.5 Å². The minimum absolute atomic E-state index is 0.0637. The van der Waals surface area contributed by atoms with Crippen LogP contribution < -0.4 is 5.32 Å². The van der Waals surface area contributed by atoms with E-state index in [4.69, 9.17) is 23.2 Å². The number of anilines is 1. The SMILES string of the molecule is Cc1cccc(CS(=O)(=O)c2nnc(NC(=O)c3ccc(Cl)cc3Cl)s2)c1. The van der Waals surface area contributed by atoms with Gasteiger partial charge in [0.25, 0.3) is 5.91 Å². The van der Waals surface area contributed by atoms with Gasteiger partial charge in [0, 0.05) is 5.02 Å². The van der Waals surface area contributed by atoms with Crippen LogP contribution in [0.4, 0.5) is 5.13 Å². The number of carbonyl (C=O) groups is 1. The molecule has 0 spiro atoms. The summed E-state index contributed by atoms with van der Waals surface area (Å²) in [5.41, 5.74) is 1.82. The van der Waals surface area contributed by atoms with Crippen molar-refractivity contribution in [1.29, 1.82) is 0 Å². The van der Waals surface area contributed by atoms with E-state index in [9.17, 15) is 13.2 Å². The Morgan fingerprint density at radius 3 is 2.63 bits per heavy atom. The molecule has 1 aromatic heterocycles. The molecule has 0 aliphatic rings. The summed E-state index contributed by atoms with van der Waals surface area (Å²) in [5.74, 6) is -0.726. The maximum Gasteiger partial charge on any atom is 0.259 e. The Morgan fingerprint density at radius 1 is 1.15 bits per heavy atom. The van der Waals surface area contributed by atoms with Crippen molar-refractivity contribution in [2.75, 3.05) is 5.32 Å². The van der Waals surface area contributed by atoms with Crippen LogP contribution >= 0.6 is 34.5 Å². The van der Waals surface area contributed by atoms with Crippen molar-refractivity contribution in [3.05, 3.63) is 69.2 Å². The van der Waals surface area contributed by atoms with Crippen molar-refractivity contribution in [3.63, 3.8) is 0 Å². The Balaban J connectivity index is 1.76. The van der Waals surface area contributed by atoms with Crippen molar-refractivity contribution in [2.45, 2.75) is 17.0 Å². The number of aryl methyl sites for hydroxylation is 1. The Morgan fingerprint density at radius 2 is 1.93 bits per heavy atom. The minimum Gasteiger partial charge on any atom is -0.296 e. The molecule has 0 unspecified atom stereocenters. The number of hydrogen-bond acceptors (Lipinski definition) is 6. The van der Waals surface area contributed by atoms with Crippen molar-refractivity contribution >= 4 is 55.4 Å². The van der Waals surface area contributed by atoms with Crippen LogP contribution in [0.5, 0.6) is 0 Å². The highest BCUT2D eigenvalue weighted by atomic mass is 35.5. The molecule has 3 rings (SSSR count). The van der Waals surface area contributed by atoms with E-state index in [1.54, 1.807) is 18.2 Å². The van der Waals surface area contributed by atoms with Crippen molar-refractivity contribution in [3.8, 4) is 0 Å². The molecule has 6 nitrogen and oxygen atoms in total. The average Bonchev–Trinajstić information content (AvgIpc) is 3.03. The summed E-state index contributed by atoms with van der Waals surface area (Å²) in [6.45, 7) is 1.89. The molecule has 3 aromatic rings. The number of benzene rings is 2. The standard InChI is InChI=1S/C17H13Cl2N3O3S2/c1-10-3-2-4-11(7-10)9-27(24,25)17-22-21-16(26-17)20-15(23)13-6-5-12(18)8-14(13)19/h2-8H,9H2,1H3,(H,20,21,23). The largest absolute Gasteiger partial charge is 0.296 e. The highest BCUT2D eigenvalue weighted by Gasteiger charge is 2.22. The lowest BCUT2D eigenvalue weighted by molar-refractivity contribution is 0.102. The maximum absolute atomic E-state index is 12.5. The molecular formula is C17H13Cl2N3O3S2. The average molecular weight is 442 g/mol. The number of nitrogens with zero attached hydrogens (tertiary/aromatic N) is 2. The fourth-order valence-electron chi connectivity index (χ4n) is 2.31. The van der Waals surface area contributed by atoms with E-state index >= 15 is 0 Å². The van der Waals surface area contributed by atoms with Crippen LogP contribution in [-0.2, 0) is 15.6 Å². The molecule has 140 valence electrons. The predicted octanol–water partition coefficient (Wildman–Crippen LogP) is 4.38. The fourth-order valence-corrected chi connectivity index (χ4v) is 5.10. The van der Waals surface area contributed by atoms with E-state index in [0.29, 0.717) is 10.6 Å². The quantitative estimate of drug-likeness (QED) is 0.593. The molecule has 0 aliphatic heterocycles. The van der Waals surface area contributed by atoms with Crippen molar-refractivity contribution in [2.24, 2.45) is 0 Å². The summed E-state index contributed by atoms with van der Waals surface area (Å²) in [6, 6.07) is 11.6. The second-order valence-corrected chi connectivity index (χ2v) is 9.68. The van der Waals surface area contributed by atoms with E-state index < -0.39 is 15.7 Å². The Bertz CT molecular complexity index is 1110. The van der Waals surface area contributed by atoms with Crippen molar-refractivity contribution in [1.82, 2.24) is 10.2 Å². The van der Waals surface area contributed by atoms with E-state index in [1.807, 2.05) is 13.0 Å². The molecule has 0 radical (unpaired) electrons. The topological polar surface area (TPSA) is 89.0 Å². The number of carbonyl (C=O) groups excluding carboxylic acids is 1. The summed E-state index contributed by atoms with van der Waals surface area (Å²) >= 11 is 12.6.